The van der Waals surface area contributed by atoms with E-state index in [4.69, 9.17) is 32.7 Å². The number of nitrogens with zero attached hydrogens (tertiary/aromatic N) is 1. The molecule has 0 fully saturated rings. The summed E-state index contributed by atoms with van der Waals surface area (Å²) >= 11 is 15.7. The van der Waals surface area contributed by atoms with E-state index >= 15 is 0 Å². The van der Waals surface area contributed by atoms with Crippen molar-refractivity contribution in [3.8, 4) is 11.5 Å². The Kier molecular flexibility index (Phi) is 5.99. The van der Waals surface area contributed by atoms with Crippen LogP contribution in [0.2, 0.25) is 10.0 Å². The summed E-state index contributed by atoms with van der Waals surface area (Å²) in [6, 6.07) is 16.9. The Labute approximate surface area is 204 Å². The molecule has 0 aliphatic carbocycles. The fraction of sp³-hybridized carbons (Fsp3) is 0.160. The first-order valence-electron chi connectivity index (χ1n) is 10.1. The molecule has 0 unspecified atom stereocenters. The summed E-state index contributed by atoms with van der Waals surface area (Å²) in [5, 5.41) is 1.28. The monoisotopic (exact) mass is 529 g/mol. The van der Waals surface area contributed by atoms with Gasteiger partial charge >= 0.3 is 0 Å². The maximum absolute atomic E-state index is 12.9. The number of rotatable bonds is 4. The molecule has 3 aromatic carbocycles. The van der Waals surface area contributed by atoms with Crippen LogP contribution in [0.15, 0.2) is 64.8 Å². The van der Waals surface area contributed by atoms with Crippen molar-refractivity contribution in [2.75, 3.05) is 13.3 Å². The molecule has 0 saturated heterocycles. The Morgan fingerprint density at radius 1 is 1.06 bits per heavy atom. The van der Waals surface area contributed by atoms with Gasteiger partial charge in [0.1, 0.15) is 18.2 Å². The lowest BCUT2D eigenvalue weighted by molar-refractivity contribution is 0.0950. The number of carbonyl (C=O) groups is 1. The minimum Gasteiger partial charge on any atom is -0.478 e. The number of carbonyl (C=O) groups excluding carboxylic acids is 1. The van der Waals surface area contributed by atoms with E-state index in [0.29, 0.717) is 40.4 Å². The van der Waals surface area contributed by atoms with Gasteiger partial charge in [-0.1, -0.05) is 57.3 Å². The van der Waals surface area contributed by atoms with Gasteiger partial charge in [0.2, 0.25) is 5.78 Å². The van der Waals surface area contributed by atoms with Crippen LogP contribution >= 0.6 is 39.1 Å². The third kappa shape index (κ3) is 4.30. The Morgan fingerprint density at radius 2 is 1.88 bits per heavy atom. The Morgan fingerprint density at radius 3 is 2.66 bits per heavy atom. The molecule has 162 valence electrons. The van der Waals surface area contributed by atoms with Crippen molar-refractivity contribution in [2.45, 2.75) is 13.0 Å². The minimum atomic E-state index is -0.115. The van der Waals surface area contributed by atoms with E-state index in [1.54, 1.807) is 18.2 Å². The zero-order valence-electron chi connectivity index (χ0n) is 16.9. The van der Waals surface area contributed by atoms with Gasteiger partial charge in [0, 0.05) is 27.6 Å². The topological polar surface area (TPSA) is 38.8 Å². The van der Waals surface area contributed by atoms with Gasteiger partial charge in [0.25, 0.3) is 0 Å². The molecule has 4 nitrogen and oxygen atoms in total. The van der Waals surface area contributed by atoms with E-state index in [1.165, 1.54) is 0 Å². The summed E-state index contributed by atoms with van der Waals surface area (Å²) in [4.78, 5) is 15.1. The van der Waals surface area contributed by atoms with E-state index in [-0.39, 0.29) is 5.78 Å². The largest absolute Gasteiger partial charge is 0.478 e. The van der Waals surface area contributed by atoms with Crippen LogP contribution in [-0.2, 0) is 13.0 Å². The summed E-state index contributed by atoms with van der Waals surface area (Å²) in [5.74, 6) is 1.55. The number of benzene rings is 3. The van der Waals surface area contributed by atoms with Gasteiger partial charge in [0.05, 0.1) is 11.1 Å². The second kappa shape index (κ2) is 8.91. The van der Waals surface area contributed by atoms with Crippen molar-refractivity contribution in [3.05, 3.63) is 97.1 Å². The molecule has 0 atom stereocenters. The zero-order valence-corrected chi connectivity index (χ0v) is 20.0. The van der Waals surface area contributed by atoms with Gasteiger partial charge in [-0.05, 0) is 60.0 Å². The average Bonchev–Trinajstić information content (AvgIpc) is 3.10. The van der Waals surface area contributed by atoms with Gasteiger partial charge in [-0.15, -0.1) is 0 Å². The molecule has 0 bridgehead atoms. The number of ketones is 1. The van der Waals surface area contributed by atoms with E-state index < -0.39 is 0 Å². The van der Waals surface area contributed by atoms with E-state index in [9.17, 15) is 4.79 Å². The molecule has 0 N–H and O–H groups in total. The maximum atomic E-state index is 12.9. The lowest BCUT2D eigenvalue weighted by atomic mass is 10.0. The SMILES string of the molecule is O=C1/C(=C/c2ccc(Br)cc2)Oc2c1ccc1c2CN(CCc2ccc(Cl)cc2Cl)CO1. The number of allylic oxidation sites excluding steroid dienone is 1. The molecule has 0 aromatic heterocycles. The van der Waals surface area contributed by atoms with Crippen molar-refractivity contribution in [1.82, 2.24) is 4.90 Å². The van der Waals surface area contributed by atoms with Crippen molar-refractivity contribution >= 4 is 51.0 Å². The standard InChI is InChI=1S/C25H18BrCl2NO3/c26-17-4-1-15(2-5-17)11-23-24(30)19-7-8-22-20(25(19)32-23)13-29(14-31-22)10-9-16-3-6-18(27)12-21(16)28/h1-8,11-12H,9-10,13-14H2/b23-11-. The molecule has 2 heterocycles. The molecule has 3 aromatic rings. The number of hydrogen-bond donors (Lipinski definition) is 0. The first kappa shape index (κ1) is 21.5. The van der Waals surface area contributed by atoms with Gasteiger partial charge in [-0.3, -0.25) is 9.69 Å². The predicted octanol–water partition coefficient (Wildman–Crippen LogP) is 6.77. The van der Waals surface area contributed by atoms with Crippen molar-refractivity contribution in [2.24, 2.45) is 0 Å². The normalized spacial score (nSPS) is 16.5. The summed E-state index contributed by atoms with van der Waals surface area (Å²) < 4.78 is 13.0. The molecule has 7 heteroatoms. The van der Waals surface area contributed by atoms with E-state index in [0.717, 1.165) is 39.9 Å². The number of fused-ring (bicyclic) bond motifs is 3. The molecule has 32 heavy (non-hydrogen) atoms. The van der Waals surface area contributed by atoms with Crippen LogP contribution in [0.1, 0.15) is 27.0 Å². The smallest absolute Gasteiger partial charge is 0.231 e. The zero-order chi connectivity index (χ0) is 22.2. The van der Waals surface area contributed by atoms with Gasteiger partial charge in [-0.2, -0.15) is 0 Å². The predicted molar refractivity (Wildman–Crippen MR) is 130 cm³/mol. The quantitative estimate of drug-likeness (QED) is 0.349. The first-order valence-corrected chi connectivity index (χ1v) is 11.7. The molecule has 2 aliphatic heterocycles. The van der Waals surface area contributed by atoms with Crippen LogP contribution in [0.5, 0.6) is 11.5 Å². The van der Waals surface area contributed by atoms with Crippen LogP contribution in [0, 0.1) is 0 Å². The molecular weight excluding hydrogens is 513 g/mol. The number of halogens is 3. The van der Waals surface area contributed by atoms with Gasteiger partial charge < -0.3 is 9.47 Å². The second-order valence-corrected chi connectivity index (χ2v) is 9.48. The highest BCUT2D eigenvalue weighted by atomic mass is 79.9. The van der Waals surface area contributed by atoms with Crippen LogP contribution in [0.3, 0.4) is 0 Å². The number of Topliss-reactive ketones (excluding diaryl/α,β-unsaturated/α-hetero) is 1. The average molecular weight is 531 g/mol. The highest BCUT2D eigenvalue weighted by Gasteiger charge is 2.33. The fourth-order valence-electron chi connectivity index (χ4n) is 3.86. The lowest BCUT2D eigenvalue weighted by Gasteiger charge is -2.29. The van der Waals surface area contributed by atoms with Crippen molar-refractivity contribution in [3.63, 3.8) is 0 Å². The summed E-state index contributed by atoms with van der Waals surface area (Å²) in [6.45, 7) is 1.84. The number of ether oxygens (including phenoxy) is 2. The maximum Gasteiger partial charge on any atom is 0.231 e. The van der Waals surface area contributed by atoms with Gasteiger partial charge in [-0.25, -0.2) is 0 Å². The summed E-state index contributed by atoms with van der Waals surface area (Å²) in [7, 11) is 0. The Balaban J connectivity index is 1.35. The lowest BCUT2D eigenvalue weighted by Crippen LogP contribution is -2.33. The van der Waals surface area contributed by atoms with Crippen LogP contribution < -0.4 is 9.47 Å². The molecule has 0 radical (unpaired) electrons. The van der Waals surface area contributed by atoms with E-state index in [1.807, 2.05) is 42.5 Å². The molecule has 0 spiro atoms. The van der Waals surface area contributed by atoms with Crippen LogP contribution in [-0.4, -0.2) is 24.0 Å². The molecule has 0 amide bonds. The van der Waals surface area contributed by atoms with Crippen molar-refractivity contribution < 1.29 is 14.3 Å². The van der Waals surface area contributed by atoms with Crippen LogP contribution in [0.25, 0.3) is 6.08 Å². The van der Waals surface area contributed by atoms with Crippen LogP contribution in [0.4, 0.5) is 0 Å². The molecule has 2 aliphatic rings. The Hall–Kier alpha value is -2.31. The Bertz CT molecular complexity index is 1240. The molecule has 5 rings (SSSR count). The number of hydrogen-bond acceptors (Lipinski definition) is 4. The molecular formula is C25H18BrCl2NO3. The van der Waals surface area contributed by atoms with Crippen molar-refractivity contribution in [1.29, 1.82) is 0 Å². The minimum absolute atomic E-state index is 0.115. The fourth-order valence-corrected chi connectivity index (χ4v) is 4.63. The highest BCUT2D eigenvalue weighted by molar-refractivity contribution is 9.10. The third-order valence-electron chi connectivity index (χ3n) is 5.56. The van der Waals surface area contributed by atoms with E-state index in [2.05, 4.69) is 20.8 Å². The molecule has 0 saturated carbocycles. The highest BCUT2D eigenvalue weighted by Crippen LogP contribution is 2.42. The second-order valence-electron chi connectivity index (χ2n) is 7.72. The third-order valence-corrected chi connectivity index (χ3v) is 6.68. The summed E-state index contributed by atoms with van der Waals surface area (Å²) in [5.41, 5.74) is 3.39. The van der Waals surface area contributed by atoms with Gasteiger partial charge in [0.15, 0.2) is 5.76 Å². The first-order chi connectivity index (χ1) is 15.5. The summed E-state index contributed by atoms with van der Waals surface area (Å²) in [6.07, 6.45) is 2.53.